The predicted molar refractivity (Wildman–Crippen MR) is 82.7 cm³/mol. The summed E-state index contributed by atoms with van der Waals surface area (Å²) >= 11 is 0. The molecule has 2 aliphatic heterocycles. The van der Waals surface area contributed by atoms with Crippen LogP contribution in [0.4, 0.5) is 0 Å². The van der Waals surface area contributed by atoms with Crippen LogP contribution in [-0.4, -0.2) is 36.0 Å². The number of cyclic esters (lactones) is 1. The molecule has 1 saturated heterocycles. The molecule has 7 nitrogen and oxygen atoms in total. The number of unbranched alkanes of at least 4 members (excludes halogenated alkanes) is 4. The third kappa shape index (κ3) is 5.73. The molecule has 1 fully saturated rings. The maximum atomic E-state index is 12.3. The van der Waals surface area contributed by atoms with Gasteiger partial charge >= 0.3 is 5.97 Å². The number of hydrogen-bond acceptors (Lipinski definition) is 6. The van der Waals surface area contributed by atoms with Crippen molar-refractivity contribution < 1.29 is 21.9 Å². The highest BCUT2D eigenvalue weighted by molar-refractivity contribution is 5.99. The van der Waals surface area contributed by atoms with E-state index in [1.54, 1.807) is 0 Å². The van der Waals surface area contributed by atoms with E-state index in [-0.39, 0.29) is 19.4 Å². The molecule has 0 unspecified atom stereocenters. The van der Waals surface area contributed by atoms with Crippen molar-refractivity contribution in [2.24, 2.45) is 10.2 Å². The third-order valence-electron chi connectivity index (χ3n) is 4.00. The SMILES string of the molecule is [3H]C([3H])(C(=O)CC1(CCCCCCC)N=N1)C(=O)N[C@H]1CCOC1=O. The number of hydrogen-bond donors (Lipinski definition) is 1. The number of rotatable bonds is 11. The number of ketones is 1. The topological polar surface area (TPSA) is 97.2 Å². The molecular formula is C16H25N3O4. The number of Topliss-reactive ketones (excluding diaryl/α,β-unsaturated/α-hetero) is 1. The second kappa shape index (κ2) is 8.17. The Kier molecular flexibility index (Phi) is 5.25. The Hall–Kier alpha value is -1.79. The summed E-state index contributed by atoms with van der Waals surface area (Å²) in [6.45, 7) is 2.31. The summed E-state index contributed by atoms with van der Waals surface area (Å²) in [4.78, 5) is 35.7. The van der Waals surface area contributed by atoms with Gasteiger partial charge in [-0.2, -0.15) is 10.2 Å². The number of carbonyl (C=O) groups is 3. The minimum Gasteiger partial charge on any atom is -0.464 e. The van der Waals surface area contributed by atoms with Gasteiger partial charge in [-0.05, 0) is 12.8 Å². The van der Waals surface area contributed by atoms with Crippen LogP contribution in [0.1, 0.15) is 67.4 Å². The number of esters is 1. The molecule has 0 aromatic heterocycles. The Morgan fingerprint density at radius 1 is 1.35 bits per heavy atom. The molecule has 2 aliphatic rings. The fraction of sp³-hybridized carbons (Fsp3) is 0.812. The fourth-order valence-electron chi connectivity index (χ4n) is 2.59. The summed E-state index contributed by atoms with van der Waals surface area (Å²) in [6, 6.07) is -0.891. The molecule has 128 valence electrons. The van der Waals surface area contributed by atoms with E-state index in [9.17, 15) is 14.4 Å². The van der Waals surface area contributed by atoms with Crippen LogP contribution in [0.25, 0.3) is 0 Å². The summed E-state index contributed by atoms with van der Waals surface area (Å²) in [6.07, 6.45) is 3.23. The van der Waals surface area contributed by atoms with Crippen molar-refractivity contribution in [3.05, 3.63) is 0 Å². The van der Waals surface area contributed by atoms with Crippen molar-refractivity contribution in [3.8, 4) is 0 Å². The highest BCUT2D eigenvalue weighted by Crippen LogP contribution is 2.37. The summed E-state index contributed by atoms with van der Waals surface area (Å²) in [5.74, 6) is -2.58. The first-order valence-electron chi connectivity index (χ1n) is 9.26. The van der Waals surface area contributed by atoms with Crippen LogP contribution in [-0.2, 0) is 19.1 Å². The van der Waals surface area contributed by atoms with Gasteiger partial charge in [0.1, 0.15) is 11.8 Å². The van der Waals surface area contributed by atoms with Crippen molar-refractivity contribution >= 4 is 17.7 Å². The van der Waals surface area contributed by atoms with E-state index in [2.05, 4.69) is 22.5 Å². The minimum atomic E-state index is -2.72. The number of nitrogens with one attached hydrogen (secondary N) is 1. The maximum Gasteiger partial charge on any atom is 0.328 e. The highest BCUT2D eigenvalue weighted by atomic mass is 16.5. The third-order valence-corrected chi connectivity index (χ3v) is 4.00. The molecule has 2 rings (SSSR count). The molecule has 0 saturated carbocycles. The molecule has 0 aromatic rings. The number of ether oxygens (including phenoxy) is 1. The summed E-state index contributed by atoms with van der Waals surface area (Å²) < 4.78 is 20.3. The van der Waals surface area contributed by atoms with Crippen LogP contribution in [0.3, 0.4) is 0 Å². The molecule has 1 N–H and O–H groups in total. The van der Waals surface area contributed by atoms with E-state index in [0.29, 0.717) is 6.42 Å². The lowest BCUT2D eigenvalue weighted by atomic mass is 9.97. The van der Waals surface area contributed by atoms with Crippen molar-refractivity contribution in [1.82, 2.24) is 5.32 Å². The Morgan fingerprint density at radius 2 is 2.09 bits per heavy atom. The smallest absolute Gasteiger partial charge is 0.328 e. The van der Waals surface area contributed by atoms with E-state index in [4.69, 9.17) is 7.48 Å². The highest BCUT2D eigenvalue weighted by Gasteiger charge is 2.41. The number of carbonyl (C=O) groups excluding carboxylic acids is 3. The molecule has 0 bridgehead atoms. The fourth-order valence-corrected chi connectivity index (χ4v) is 2.59. The molecule has 7 heteroatoms. The van der Waals surface area contributed by atoms with Gasteiger partial charge in [0, 0.05) is 9.16 Å². The van der Waals surface area contributed by atoms with Crippen molar-refractivity contribution in [2.45, 2.75) is 76.4 Å². The van der Waals surface area contributed by atoms with Gasteiger partial charge in [0.2, 0.25) is 5.91 Å². The Labute approximate surface area is 139 Å². The summed E-state index contributed by atoms with van der Waals surface area (Å²) in [5, 5.41) is 10.1. The lowest BCUT2D eigenvalue weighted by Gasteiger charge is -2.11. The van der Waals surface area contributed by atoms with Gasteiger partial charge < -0.3 is 10.1 Å². The lowest BCUT2D eigenvalue weighted by Crippen LogP contribution is -2.39. The quantitative estimate of drug-likeness (QED) is 0.358. The van der Waals surface area contributed by atoms with Crippen LogP contribution in [0.15, 0.2) is 10.2 Å². The Morgan fingerprint density at radius 3 is 2.70 bits per heavy atom. The van der Waals surface area contributed by atoms with E-state index in [0.717, 1.165) is 32.1 Å². The van der Waals surface area contributed by atoms with Gasteiger partial charge in [0.25, 0.3) is 0 Å². The maximum absolute atomic E-state index is 12.3. The van der Waals surface area contributed by atoms with Gasteiger partial charge in [-0.15, -0.1) is 0 Å². The molecule has 0 aliphatic carbocycles. The van der Waals surface area contributed by atoms with Crippen molar-refractivity contribution in [1.29, 1.82) is 0 Å². The molecule has 0 radical (unpaired) electrons. The van der Waals surface area contributed by atoms with E-state index < -0.39 is 35.7 Å². The Bertz CT molecular complexity index is 560. The first kappa shape index (κ1) is 14.8. The summed E-state index contributed by atoms with van der Waals surface area (Å²) in [7, 11) is 0. The zero-order valence-electron chi connectivity index (χ0n) is 15.5. The average molecular weight is 327 g/mol. The zero-order chi connectivity index (χ0) is 18.5. The summed E-state index contributed by atoms with van der Waals surface area (Å²) in [5.41, 5.74) is -0.858. The van der Waals surface area contributed by atoms with Crippen LogP contribution in [0, 0.1) is 0 Å². The second-order valence-corrected chi connectivity index (χ2v) is 6.05. The molecule has 23 heavy (non-hydrogen) atoms. The van der Waals surface area contributed by atoms with E-state index in [1.807, 2.05) is 0 Å². The monoisotopic (exact) mass is 327 g/mol. The first-order valence-corrected chi connectivity index (χ1v) is 8.26. The zero-order valence-corrected chi connectivity index (χ0v) is 13.5. The predicted octanol–water partition coefficient (Wildman–Crippen LogP) is 2.29. The molecule has 2 heterocycles. The second-order valence-electron chi connectivity index (χ2n) is 6.05. The average Bonchev–Trinajstić information content (AvgIpc) is 3.21. The van der Waals surface area contributed by atoms with Gasteiger partial charge in [0.05, 0.1) is 19.4 Å². The molecule has 1 atom stereocenters. The Balaban J connectivity index is 1.81. The molecular weight excluding hydrogens is 298 g/mol. The van der Waals surface area contributed by atoms with Crippen molar-refractivity contribution in [2.75, 3.05) is 6.61 Å². The van der Waals surface area contributed by atoms with Gasteiger partial charge in [-0.1, -0.05) is 32.6 Å². The first-order chi connectivity index (χ1) is 11.8. The van der Waals surface area contributed by atoms with Crippen LogP contribution < -0.4 is 5.32 Å². The normalized spacial score (nSPS) is 23.0. The largest absolute Gasteiger partial charge is 0.464 e. The lowest BCUT2D eigenvalue weighted by molar-refractivity contribution is -0.142. The van der Waals surface area contributed by atoms with Crippen LogP contribution >= 0.6 is 0 Å². The number of nitrogens with zero attached hydrogens (tertiary/aromatic N) is 2. The van der Waals surface area contributed by atoms with Crippen LogP contribution in [0.2, 0.25) is 0 Å². The molecule has 0 aromatic carbocycles. The van der Waals surface area contributed by atoms with Crippen molar-refractivity contribution in [3.63, 3.8) is 0 Å². The molecule has 1 amide bonds. The standard InChI is InChI=1S/C16H25N3O4/c1-2-3-4-5-6-8-16(18-19-16)11-12(20)10-14(21)17-13-7-9-23-15(13)22/h13H,2-11H2,1H3,(H,17,21)/t13-/m0/s1/i10T2. The number of amides is 1. The van der Waals surface area contributed by atoms with Crippen LogP contribution in [0.5, 0.6) is 0 Å². The van der Waals surface area contributed by atoms with E-state index in [1.165, 1.54) is 0 Å². The minimum absolute atomic E-state index is 0.180. The molecule has 0 spiro atoms. The van der Waals surface area contributed by atoms with Gasteiger partial charge in [-0.3, -0.25) is 9.59 Å². The van der Waals surface area contributed by atoms with E-state index >= 15 is 0 Å². The van der Waals surface area contributed by atoms with Gasteiger partial charge in [-0.25, -0.2) is 4.79 Å². The van der Waals surface area contributed by atoms with Gasteiger partial charge in [0.15, 0.2) is 5.66 Å².